The normalized spacial score (nSPS) is 36.4. The first-order chi connectivity index (χ1) is 16.1. The molecule has 184 valence electrons. The van der Waals surface area contributed by atoms with Gasteiger partial charge >= 0.3 is 0 Å². The van der Waals surface area contributed by atoms with Crippen molar-refractivity contribution in [2.75, 3.05) is 0 Å². The molecule has 3 fully saturated rings. The zero-order valence-electron chi connectivity index (χ0n) is 20.5. The summed E-state index contributed by atoms with van der Waals surface area (Å²) in [5.41, 5.74) is 4.59. The van der Waals surface area contributed by atoms with Crippen molar-refractivity contribution in [1.82, 2.24) is 0 Å². The molecule has 1 aromatic carbocycles. The second-order valence-corrected chi connectivity index (χ2v) is 12.7. The highest BCUT2D eigenvalue weighted by molar-refractivity contribution is 7.99. The molecule has 34 heavy (non-hydrogen) atoms. The van der Waals surface area contributed by atoms with Gasteiger partial charge in [0.2, 0.25) is 0 Å². The van der Waals surface area contributed by atoms with E-state index >= 15 is 0 Å². The predicted molar refractivity (Wildman–Crippen MR) is 142 cm³/mol. The minimum atomic E-state index is -2.70. The quantitative estimate of drug-likeness (QED) is 0.414. The van der Waals surface area contributed by atoms with Crippen LogP contribution >= 0.6 is 0 Å². The van der Waals surface area contributed by atoms with Crippen LogP contribution in [0, 0.1) is 17.3 Å². The summed E-state index contributed by atoms with van der Waals surface area (Å²) >= 11 is 0. The Balaban J connectivity index is 1.57. The Labute approximate surface area is 205 Å². The molecule has 1 unspecified atom stereocenters. The zero-order chi connectivity index (χ0) is 24.5. The van der Waals surface area contributed by atoms with Gasteiger partial charge in [0.25, 0.3) is 0 Å². The van der Waals surface area contributed by atoms with Crippen LogP contribution in [-0.2, 0) is 9.71 Å². The summed E-state index contributed by atoms with van der Waals surface area (Å²) in [7, 11) is -2.70. The second-order valence-electron chi connectivity index (χ2n) is 10.6. The molecule has 0 aromatic heterocycles. The second kappa shape index (κ2) is 9.98. The summed E-state index contributed by atoms with van der Waals surface area (Å²) in [6.45, 7) is 8.62. The maximum atomic E-state index is 13.0. The van der Waals surface area contributed by atoms with Crippen LogP contribution in [0.15, 0.2) is 82.3 Å². The largest absolute Gasteiger partial charge is 0.393 e. The van der Waals surface area contributed by atoms with E-state index in [1.165, 1.54) is 17.6 Å². The van der Waals surface area contributed by atoms with E-state index in [0.29, 0.717) is 29.6 Å². The van der Waals surface area contributed by atoms with Crippen LogP contribution in [0.4, 0.5) is 0 Å². The Hall–Kier alpha value is -1.92. The van der Waals surface area contributed by atoms with Crippen molar-refractivity contribution in [1.29, 1.82) is 0 Å². The van der Waals surface area contributed by atoms with E-state index in [9.17, 15) is 14.4 Å². The number of hydrogen-bond acceptors (Lipinski definition) is 3. The van der Waals surface area contributed by atoms with Gasteiger partial charge in [-0.1, -0.05) is 61.1 Å². The zero-order valence-corrected chi connectivity index (χ0v) is 21.3. The Bertz CT molecular complexity index is 1140. The fraction of sp³-hybridized carbons (Fsp3) is 0.483. The molecule has 6 atom stereocenters. The fourth-order valence-corrected chi connectivity index (χ4v) is 7.65. The van der Waals surface area contributed by atoms with Gasteiger partial charge in [0, 0.05) is 16.7 Å². The summed E-state index contributed by atoms with van der Waals surface area (Å²) in [5, 5.41) is 28.1. The third-order valence-corrected chi connectivity index (χ3v) is 9.97. The summed E-state index contributed by atoms with van der Waals surface area (Å²) in [6, 6.07) is 9.27. The van der Waals surface area contributed by atoms with E-state index in [-0.39, 0.29) is 5.41 Å². The van der Waals surface area contributed by atoms with Gasteiger partial charge in [-0.05, 0) is 86.0 Å². The standard InChI is InChI=1S/C29H39NO3S/c1-20(15-17-34(30,33)25-9-5-4-6-10-25)26-13-14-27-22(8-7-16-29(26,27)3)11-12-23-18-24(31)19-28(32)21(23)2/h4-6,9-12,15,17,24,26-28,31-32H,2,7-8,13-14,16,18-19H2,1,3H3,(H2,30,33)/b20-15-,22-11+,23-12-/t24-,26-,27+,28+,29-,34?/m1/s1. The van der Waals surface area contributed by atoms with Crippen LogP contribution in [-0.4, -0.2) is 32.0 Å². The van der Waals surface area contributed by atoms with Crippen LogP contribution < -0.4 is 5.14 Å². The molecule has 3 saturated carbocycles. The highest BCUT2D eigenvalue weighted by Crippen LogP contribution is 2.59. The van der Waals surface area contributed by atoms with Gasteiger partial charge in [-0.15, -0.1) is 0 Å². The SMILES string of the molecule is C=C1/C(=C\C=C2/CCC[C@]3(C)[C@@H](/C(C)=C\C=S(N)(=O)c4ccccc4)CC[C@@H]23)C[C@@H](O)C[C@@H]1O. The molecular weight excluding hydrogens is 442 g/mol. The smallest absolute Gasteiger partial charge is 0.0811 e. The Kier molecular flexibility index (Phi) is 7.39. The topological polar surface area (TPSA) is 83.6 Å². The van der Waals surface area contributed by atoms with Gasteiger partial charge in [-0.25, -0.2) is 4.21 Å². The van der Waals surface area contributed by atoms with E-state index in [2.05, 4.69) is 32.6 Å². The van der Waals surface area contributed by atoms with E-state index in [0.717, 1.165) is 36.8 Å². The summed E-state index contributed by atoms with van der Waals surface area (Å²) in [6.07, 6.45) is 11.8. The average Bonchev–Trinajstić information content (AvgIpc) is 3.17. The molecular formula is C29H39NO3S. The predicted octanol–water partition coefficient (Wildman–Crippen LogP) is 5.09. The molecule has 0 bridgehead atoms. The first-order valence-electron chi connectivity index (χ1n) is 12.5. The van der Waals surface area contributed by atoms with Gasteiger partial charge in [0.1, 0.15) is 0 Å². The lowest BCUT2D eigenvalue weighted by molar-refractivity contribution is 0.0862. The monoisotopic (exact) mass is 481 g/mol. The van der Waals surface area contributed by atoms with E-state index in [1.807, 2.05) is 36.4 Å². The fourth-order valence-electron chi connectivity index (χ4n) is 6.49. The Morgan fingerprint density at radius 2 is 1.94 bits per heavy atom. The van der Waals surface area contributed by atoms with Crippen molar-refractivity contribution in [3.8, 4) is 0 Å². The first kappa shape index (κ1) is 25.2. The van der Waals surface area contributed by atoms with E-state index < -0.39 is 21.9 Å². The third-order valence-electron chi connectivity index (χ3n) is 8.42. The Morgan fingerprint density at radius 1 is 1.21 bits per heavy atom. The number of rotatable bonds is 4. The molecule has 0 heterocycles. The highest BCUT2D eigenvalue weighted by Gasteiger charge is 2.49. The molecule has 0 aliphatic heterocycles. The number of nitrogens with two attached hydrogens (primary N) is 1. The van der Waals surface area contributed by atoms with E-state index in [1.54, 1.807) is 5.37 Å². The third kappa shape index (κ3) is 5.03. The summed E-state index contributed by atoms with van der Waals surface area (Å²) < 4.78 is 13.0. The molecule has 0 saturated heterocycles. The molecule has 0 spiro atoms. The number of benzene rings is 1. The van der Waals surface area contributed by atoms with Gasteiger partial charge in [0.05, 0.1) is 21.9 Å². The number of aliphatic hydroxyl groups is 2. The van der Waals surface area contributed by atoms with Gasteiger partial charge in [0.15, 0.2) is 0 Å². The van der Waals surface area contributed by atoms with Crippen molar-refractivity contribution in [3.05, 3.63) is 77.4 Å². The van der Waals surface area contributed by atoms with Gasteiger partial charge in [-0.2, -0.15) is 0 Å². The van der Waals surface area contributed by atoms with Crippen molar-refractivity contribution >= 4 is 15.1 Å². The van der Waals surface area contributed by atoms with Crippen LogP contribution in [0.2, 0.25) is 0 Å². The molecule has 3 aliphatic carbocycles. The first-order valence-corrected chi connectivity index (χ1v) is 14.1. The minimum absolute atomic E-state index is 0.168. The number of hydrogen-bond donors (Lipinski definition) is 3. The van der Waals surface area contributed by atoms with Crippen molar-refractivity contribution < 1.29 is 14.4 Å². The lowest BCUT2D eigenvalue weighted by Gasteiger charge is -2.42. The Morgan fingerprint density at radius 3 is 2.68 bits per heavy atom. The number of fused-ring (bicyclic) bond motifs is 1. The number of allylic oxidation sites excluding steroid dienone is 5. The van der Waals surface area contributed by atoms with E-state index in [4.69, 9.17) is 5.14 Å². The van der Waals surface area contributed by atoms with Crippen LogP contribution in [0.25, 0.3) is 0 Å². The lowest BCUT2D eigenvalue weighted by Crippen LogP contribution is -2.33. The van der Waals surface area contributed by atoms with Crippen LogP contribution in [0.5, 0.6) is 0 Å². The van der Waals surface area contributed by atoms with Crippen molar-refractivity contribution in [2.45, 2.75) is 75.9 Å². The molecule has 0 amide bonds. The maximum absolute atomic E-state index is 13.0. The van der Waals surface area contributed by atoms with Crippen molar-refractivity contribution in [2.24, 2.45) is 22.4 Å². The summed E-state index contributed by atoms with van der Waals surface area (Å²) in [5.74, 6) is 0.943. The van der Waals surface area contributed by atoms with Crippen LogP contribution in [0.1, 0.15) is 58.8 Å². The molecule has 4 nitrogen and oxygen atoms in total. The molecule has 1 aromatic rings. The molecule has 3 aliphatic rings. The lowest BCUT2D eigenvalue weighted by atomic mass is 9.62. The van der Waals surface area contributed by atoms with Gasteiger partial charge < -0.3 is 10.2 Å². The minimum Gasteiger partial charge on any atom is -0.393 e. The van der Waals surface area contributed by atoms with Gasteiger partial charge in [-0.3, -0.25) is 5.14 Å². The number of aliphatic hydroxyl groups excluding tert-OH is 2. The van der Waals surface area contributed by atoms with Crippen molar-refractivity contribution in [3.63, 3.8) is 0 Å². The van der Waals surface area contributed by atoms with Crippen LogP contribution in [0.3, 0.4) is 0 Å². The molecule has 5 heteroatoms. The highest BCUT2D eigenvalue weighted by atomic mass is 32.2. The maximum Gasteiger partial charge on any atom is 0.0811 e. The molecule has 4 rings (SSSR count). The average molecular weight is 482 g/mol. The molecule has 0 radical (unpaired) electrons. The molecule has 4 N–H and O–H groups in total. The summed E-state index contributed by atoms with van der Waals surface area (Å²) in [4.78, 5) is 0.657.